The first-order valence-electron chi connectivity index (χ1n) is 7.03. The van der Waals surface area contributed by atoms with Gasteiger partial charge in [0.2, 0.25) is 0 Å². The summed E-state index contributed by atoms with van der Waals surface area (Å²) in [5.74, 6) is 1.13. The number of halogens is 1. The van der Waals surface area contributed by atoms with Gasteiger partial charge in [0.1, 0.15) is 6.07 Å². The first-order chi connectivity index (χ1) is 9.19. The van der Waals surface area contributed by atoms with E-state index in [0.29, 0.717) is 11.8 Å². The molecular formula is C16H23ClN2. The third-order valence-electron chi connectivity index (χ3n) is 3.69. The number of hydrogen-bond donors (Lipinski definition) is 0. The first kappa shape index (κ1) is 15.9. The fourth-order valence-corrected chi connectivity index (χ4v) is 2.45. The van der Waals surface area contributed by atoms with Crippen molar-refractivity contribution >= 4 is 17.3 Å². The molecule has 104 valence electrons. The second kappa shape index (κ2) is 8.07. The van der Waals surface area contributed by atoms with Crippen LogP contribution in [0.25, 0.3) is 0 Å². The van der Waals surface area contributed by atoms with Gasteiger partial charge in [-0.3, -0.25) is 0 Å². The maximum absolute atomic E-state index is 9.31. The largest absolute Gasteiger partial charge is 0.370 e. The molecule has 0 aromatic heterocycles. The summed E-state index contributed by atoms with van der Waals surface area (Å²) in [7, 11) is 0. The highest BCUT2D eigenvalue weighted by molar-refractivity contribution is 6.17. The molecule has 0 aliphatic carbocycles. The van der Waals surface area contributed by atoms with Crippen LogP contribution in [-0.4, -0.2) is 13.1 Å². The van der Waals surface area contributed by atoms with Crippen molar-refractivity contribution in [2.45, 2.75) is 39.5 Å². The number of alkyl halides is 1. The molecule has 0 aliphatic heterocycles. The zero-order valence-electron chi connectivity index (χ0n) is 12.1. The number of benzene rings is 1. The van der Waals surface area contributed by atoms with Gasteiger partial charge in [-0.05, 0) is 30.5 Å². The van der Waals surface area contributed by atoms with Crippen molar-refractivity contribution in [3.05, 3.63) is 29.3 Å². The SMILES string of the molecule is CCC(CC)CN(CC)c1ccc(CCl)cc1C#N. The molecule has 0 aliphatic rings. The zero-order valence-corrected chi connectivity index (χ0v) is 12.9. The molecule has 0 saturated carbocycles. The fourth-order valence-electron chi connectivity index (χ4n) is 2.29. The van der Waals surface area contributed by atoms with Crippen LogP contribution in [0.3, 0.4) is 0 Å². The fraction of sp³-hybridized carbons (Fsp3) is 0.562. The van der Waals surface area contributed by atoms with Crippen molar-refractivity contribution in [2.75, 3.05) is 18.0 Å². The molecule has 0 bridgehead atoms. The number of rotatable bonds is 7. The third-order valence-corrected chi connectivity index (χ3v) is 4.00. The molecule has 0 radical (unpaired) electrons. The Hall–Kier alpha value is -1.20. The second-order valence-electron chi connectivity index (χ2n) is 4.82. The van der Waals surface area contributed by atoms with E-state index < -0.39 is 0 Å². The molecule has 3 heteroatoms. The molecular weight excluding hydrogens is 256 g/mol. The van der Waals surface area contributed by atoms with Crippen LogP contribution in [0.5, 0.6) is 0 Å². The van der Waals surface area contributed by atoms with E-state index >= 15 is 0 Å². The molecule has 0 spiro atoms. The highest BCUT2D eigenvalue weighted by Gasteiger charge is 2.14. The normalized spacial score (nSPS) is 10.5. The lowest BCUT2D eigenvalue weighted by Gasteiger charge is -2.28. The Morgan fingerprint density at radius 2 is 1.95 bits per heavy atom. The molecule has 0 heterocycles. The van der Waals surface area contributed by atoms with Crippen LogP contribution in [0.2, 0.25) is 0 Å². The highest BCUT2D eigenvalue weighted by atomic mass is 35.5. The van der Waals surface area contributed by atoms with Gasteiger partial charge < -0.3 is 4.90 Å². The van der Waals surface area contributed by atoms with E-state index in [1.807, 2.05) is 18.2 Å². The van der Waals surface area contributed by atoms with Gasteiger partial charge >= 0.3 is 0 Å². The van der Waals surface area contributed by atoms with Crippen molar-refractivity contribution in [2.24, 2.45) is 5.92 Å². The van der Waals surface area contributed by atoms with E-state index in [-0.39, 0.29) is 0 Å². The lowest BCUT2D eigenvalue weighted by molar-refractivity contribution is 0.486. The average molecular weight is 279 g/mol. The molecule has 1 aromatic carbocycles. The molecule has 0 amide bonds. The first-order valence-corrected chi connectivity index (χ1v) is 7.57. The van der Waals surface area contributed by atoms with Crippen LogP contribution in [0.4, 0.5) is 5.69 Å². The van der Waals surface area contributed by atoms with E-state index in [9.17, 15) is 5.26 Å². The minimum Gasteiger partial charge on any atom is -0.370 e. The Morgan fingerprint density at radius 3 is 2.42 bits per heavy atom. The van der Waals surface area contributed by atoms with Gasteiger partial charge in [0, 0.05) is 19.0 Å². The predicted octanol–water partition coefficient (Wildman–Crippen LogP) is 4.56. The van der Waals surface area contributed by atoms with Gasteiger partial charge in [-0.25, -0.2) is 0 Å². The summed E-state index contributed by atoms with van der Waals surface area (Å²) >= 11 is 5.83. The Labute approximate surface area is 122 Å². The Balaban J connectivity index is 3.01. The van der Waals surface area contributed by atoms with E-state index in [1.165, 1.54) is 12.8 Å². The summed E-state index contributed by atoms with van der Waals surface area (Å²) in [6, 6.07) is 8.24. The van der Waals surface area contributed by atoms with Crippen LogP contribution >= 0.6 is 11.6 Å². The summed E-state index contributed by atoms with van der Waals surface area (Å²) in [5, 5.41) is 9.31. The summed E-state index contributed by atoms with van der Waals surface area (Å²) < 4.78 is 0. The van der Waals surface area contributed by atoms with Crippen molar-refractivity contribution in [3.8, 4) is 6.07 Å². The lowest BCUT2D eigenvalue weighted by atomic mass is 10.0. The average Bonchev–Trinajstić information content (AvgIpc) is 2.48. The number of nitrogens with zero attached hydrogens (tertiary/aromatic N) is 2. The van der Waals surface area contributed by atoms with Gasteiger partial charge in [0.05, 0.1) is 11.3 Å². The Kier molecular flexibility index (Phi) is 6.73. The molecule has 19 heavy (non-hydrogen) atoms. The van der Waals surface area contributed by atoms with Gasteiger partial charge in [-0.1, -0.05) is 32.8 Å². The minimum atomic E-state index is 0.452. The molecule has 1 aromatic rings. The Morgan fingerprint density at radius 1 is 1.26 bits per heavy atom. The van der Waals surface area contributed by atoms with Gasteiger partial charge in [0.15, 0.2) is 0 Å². The zero-order chi connectivity index (χ0) is 14.3. The number of anilines is 1. The Bertz CT molecular complexity index is 433. The minimum absolute atomic E-state index is 0.452. The summed E-state index contributed by atoms with van der Waals surface area (Å²) in [4.78, 5) is 2.30. The molecule has 2 nitrogen and oxygen atoms in total. The van der Waals surface area contributed by atoms with Gasteiger partial charge in [0.25, 0.3) is 0 Å². The van der Waals surface area contributed by atoms with Gasteiger partial charge in [-0.15, -0.1) is 11.6 Å². The maximum Gasteiger partial charge on any atom is 0.101 e. The van der Waals surface area contributed by atoms with Gasteiger partial charge in [-0.2, -0.15) is 5.26 Å². The monoisotopic (exact) mass is 278 g/mol. The van der Waals surface area contributed by atoms with Crippen LogP contribution < -0.4 is 4.90 Å². The van der Waals surface area contributed by atoms with Crippen molar-refractivity contribution in [3.63, 3.8) is 0 Å². The number of nitriles is 1. The van der Waals surface area contributed by atoms with E-state index in [0.717, 1.165) is 29.9 Å². The molecule has 0 atom stereocenters. The summed E-state index contributed by atoms with van der Waals surface area (Å²) in [6.45, 7) is 8.52. The second-order valence-corrected chi connectivity index (χ2v) is 5.09. The topological polar surface area (TPSA) is 27.0 Å². The van der Waals surface area contributed by atoms with Crippen LogP contribution in [0, 0.1) is 17.2 Å². The standard InChI is InChI=1S/C16H23ClN2/c1-4-13(5-2)12-19(6-3)16-8-7-14(10-17)9-15(16)11-18/h7-9,13H,4-6,10,12H2,1-3H3. The predicted molar refractivity (Wildman–Crippen MR) is 82.7 cm³/mol. The van der Waals surface area contributed by atoms with Crippen molar-refractivity contribution in [1.29, 1.82) is 5.26 Å². The van der Waals surface area contributed by atoms with Crippen molar-refractivity contribution < 1.29 is 0 Å². The third kappa shape index (κ3) is 4.14. The van der Waals surface area contributed by atoms with Crippen LogP contribution in [0.1, 0.15) is 44.7 Å². The summed E-state index contributed by atoms with van der Waals surface area (Å²) in [5.41, 5.74) is 2.76. The maximum atomic E-state index is 9.31. The molecule has 0 fully saturated rings. The van der Waals surface area contributed by atoms with Crippen molar-refractivity contribution in [1.82, 2.24) is 0 Å². The molecule has 0 saturated heterocycles. The number of hydrogen-bond acceptors (Lipinski definition) is 2. The smallest absolute Gasteiger partial charge is 0.101 e. The summed E-state index contributed by atoms with van der Waals surface area (Å²) in [6.07, 6.45) is 2.35. The lowest BCUT2D eigenvalue weighted by Crippen LogP contribution is -2.29. The highest BCUT2D eigenvalue weighted by Crippen LogP contribution is 2.24. The molecule has 0 N–H and O–H groups in total. The van der Waals surface area contributed by atoms with E-state index in [1.54, 1.807) is 0 Å². The quantitative estimate of drug-likeness (QED) is 0.684. The van der Waals surface area contributed by atoms with Crippen LogP contribution in [0.15, 0.2) is 18.2 Å². The molecule has 0 unspecified atom stereocenters. The molecule has 1 rings (SSSR count). The van der Waals surface area contributed by atoms with Crippen LogP contribution in [-0.2, 0) is 5.88 Å². The van der Waals surface area contributed by atoms with E-state index in [4.69, 9.17) is 11.6 Å². The van der Waals surface area contributed by atoms with E-state index in [2.05, 4.69) is 31.7 Å².